The summed E-state index contributed by atoms with van der Waals surface area (Å²) in [5.41, 5.74) is 1.21. The van der Waals surface area contributed by atoms with Gasteiger partial charge in [0.15, 0.2) is 0 Å². The summed E-state index contributed by atoms with van der Waals surface area (Å²) in [5.74, 6) is 0.539. The van der Waals surface area contributed by atoms with Crippen molar-refractivity contribution in [2.75, 3.05) is 45.9 Å². The van der Waals surface area contributed by atoms with E-state index in [2.05, 4.69) is 17.9 Å². The van der Waals surface area contributed by atoms with Gasteiger partial charge in [-0.25, -0.2) is 0 Å². The number of amides is 1. The van der Waals surface area contributed by atoms with E-state index in [-0.39, 0.29) is 11.3 Å². The number of nitrogens with zero attached hydrogens (tertiary/aromatic N) is 2. The van der Waals surface area contributed by atoms with E-state index in [0.717, 1.165) is 38.8 Å². The molecule has 2 aliphatic heterocycles. The number of ether oxygens (including phenoxy) is 1. The van der Waals surface area contributed by atoms with E-state index in [4.69, 9.17) is 4.74 Å². The lowest BCUT2D eigenvalue weighted by Crippen LogP contribution is -2.48. The van der Waals surface area contributed by atoms with Gasteiger partial charge in [0.2, 0.25) is 5.91 Å². The van der Waals surface area contributed by atoms with Crippen molar-refractivity contribution in [2.45, 2.75) is 38.0 Å². The first kappa shape index (κ1) is 18.2. The minimum atomic E-state index is 0.0144. The van der Waals surface area contributed by atoms with Crippen molar-refractivity contribution in [2.24, 2.45) is 0 Å². The molecule has 1 aromatic rings. The second-order valence-electron chi connectivity index (χ2n) is 7.35. The van der Waals surface area contributed by atoms with Crippen LogP contribution in [0.4, 0.5) is 0 Å². The molecule has 0 bridgehead atoms. The standard InChI is InChI=1S/C20H30N2O3/c1-2-20(17-6-5-7-18(23)14-17)8-3-4-9-21(16-20)15-19(24)22-10-12-25-13-11-22/h5-7,14,23H,2-4,8-13,15-16H2,1H3. The lowest BCUT2D eigenvalue weighted by molar-refractivity contribution is -0.136. The smallest absolute Gasteiger partial charge is 0.236 e. The Morgan fingerprint density at radius 2 is 2.04 bits per heavy atom. The number of carbonyl (C=O) groups is 1. The third-order valence-corrected chi connectivity index (χ3v) is 5.76. The molecule has 0 radical (unpaired) electrons. The van der Waals surface area contributed by atoms with Gasteiger partial charge in [0.25, 0.3) is 0 Å². The zero-order chi connectivity index (χ0) is 17.7. The first-order chi connectivity index (χ1) is 12.1. The lowest BCUT2D eigenvalue weighted by atomic mass is 9.74. The average molecular weight is 346 g/mol. The number of hydrogen-bond donors (Lipinski definition) is 1. The Balaban J connectivity index is 1.73. The summed E-state index contributed by atoms with van der Waals surface area (Å²) in [4.78, 5) is 16.9. The molecule has 25 heavy (non-hydrogen) atoms. The third kappa shape index (κ3) is 4.33. The van der Waals surface area contributed by atoms with Gasteiger partial charge in [0.1, 0.15) is 5.75 Å². The van der Waals surface area contributed by atoms with Gasteiger partial charge in [0, 0.05) is 25.0 Å². The van der Waals surface area contributed by atoms with Gasteiger partial charge in [-0.05, 0) is 43.5 Å². The molecule has 1 N–H and O–H groups in total. The molecule has 1 aromatic carbocycles. The topological polar surface area (TPSA) is 53.0 Å². The van der Waals surface area contributed by atoms with Crippen molar-refractivity contribution in [3.8, 4) is 5.75 Å². The Hall–Kier alpha value is -1.59. The summed E-state index contributed by atoms with van der Waals surface area (Å²) in [5, 5.41) is 9.92. The van der Waals surface area contributed by atoms with Gasteiger partial charge in [-0.15, -0.1) is 0 Å². The highest BCUT2D eigenvalue weighted by Gasteiger charge is 2.35. The minimum Gasteiger partial charge on any atom is -0.508 e. The van der Waals surface area contributed by atoms with Gasteiger partial charge in [0.05, 0.1) is 19.8 Å². The van der Waals surface area contributed by atoms with Crippen molar-refractivity contribution in [1.29, 1.82) is 0 Å². The molecule has 5 heteroatoms. The quantitative estimate of drug-likeness (QED) is 0.909. The zero-order valence-corrected chi connectivity index (χ0v) is 15.2. The zero-order valence-electron chi connectivity index (χ0n) is 15.2. The predicted octanol–water partition coefficient (Wildman–Crippen LogP) is 2.38. The van der Waals surface area contributed by atoms with E-state index in [1.54, 1.807) is 6.07 Å². The lowest BCUT2D eigenvalue weighted by Gasteiger charge is -2.37. The van der Waals surface area contributed by atoms with Crippen LogP contribution >= 0.6 is 0 Å². The van der Waals surface area contributed by atoms with Gasteiger partial charge < -0.3 is 14.7 Å². The molecule has 5 nitrogen and oxygen atoms in total. The summed E-state index contributed by atoms with van der Waals surface area (Å²) in [6, 6.07) is 7.67. The van der Waals surface area contributed by atoms with E-state index in [9.17, 15) is 9.90 Å². The summed E-state index contributed by atoms with van der Waals surface area (Å²) < 4.78 is 5.35. The molecule has 138 valence electrons. The molecule has 2 heterocycles. The molecule has 2 aliphatic rings. The Kier molecular flexibility index (Phi) is 5.97. The molecule has 2 fully saturated rings. The minimum absolute atomic E-state index is 0.0144. The van der Waals surface area contributed by atoms with Crippen molar-refractivity contribution in [1.82, 2.24) is 9.80 Å². The van der Waals surface area contributed by atoms with E-state index in [1.165, 1.54) is 5.56 Å². The average Bonchev–Trinajstić information content (AvgIpc) is 2.85. The molecule has 1 atom stereocenters. The molecule has 0 aliphatic carbocycles. The monoisotopic (exact) mass is 346 g/mol. The number of likely N-dealkylation sites (tertiary alicyclic amines) is 1. The van der Waals surface area contributed by atoms with Crippen LogP contribution in [0, 0.1) is 0 Å². The number of morpholine rings is 1. The Labute approximate surface area is 150 Å². The van der Waals surface area contributed by atoms with Gasteiger partial charge in [-0.3, -0.25) is 9.69 Å². The van der Waals surface area contributed by atoms with E-state index in [0.29, 0.717) is 38.6 Å². The maximum atomic E-state index is 12.7. The molecule has 0 saturated carbocycles. The first-order valence-corrected chi connectivity index (χ1v) is 9.50. The van der Waals surface area contributed by atoms with Gasteiger partial charge in [-0.2, -0.15) is 0 Å². The van der Waals surface area contributed by atoms with Gasteiger partial charge in [-0.1, -0.05) is 25.5 Å². The van der Waals surface area contributed by atoms with Crippen LogP contribution in [0.5, 0.6) is 5.75 Å². The molecule has 1 amide bonds. The van der Waals surface area contributed by atoms with Crippen LogP contribution in [-0.2, 0) is 14.9 Å². The van der Waals surface area contributed by atoms with Crippen molar-refractivity contribution >= 4 is 5.91 Å². The summed E-state index contributed by atoms with van der Waals surface area (Å²) in [6.45, 7) is 7.26. The predicted molar refractivity (Wildman–Crippen MR) is 97.8 cm³/mol. The largest absolute Gasteiger partial charge is 0.508 e. The third-order valence-electron chi connectivity index (χ3n) is 5.76. The molecular weight excluding hydrogens is 316 g/mol. The SMILES string of the molecule is CCC1(c2cccc(O)c2)CCCCN(CC(=O)N2CCOCC2)C1. The number of hydrogen-bond acceptors (Lipinski definition) is 4. The van der Waals surface area contributed by atoms with Crippen LogP contribution in [0.1, 0.15) is 38.2 Å². The summed E-state index contributed by atoms with van der Waals surface area (Å²) in [7, 11) is 0. The Bertz CT molecular complexity index is 586. The van der Waals surface area contributed by atoms with Crippen molar-refractivity contribution in [3.63, 3.8) is 0 Å². The maximum Gasteiger partial charge on any atom is 0.236 e. The number of phenolic OH excluding ortho intramolecular Hbond substituents is 1. The van der Waals surface area contributed by atoms with Crippen LogP contribution in [0.3, 0.4) is 0 Å². The number of aromatic hydroxyl groups is 1. The van der Waals surface area contributed by atoms with Gasteiger partial charge >= 0.3 is 0 Å². The second-order valence-corrected chi connectivity index (χ2v) is 7.35. The first-order valence-electron chi connectivity index (χ1n) is 9.50. The van der Waals surface area contributed by atoms with E-state index >= 15 is 0 Å². The normalized spacial score (nSPS) is 25.6. The van der Waals surface area contributed by atoms with E-state index < -0.39 is 0 Å². The highest BCUT2D eigenvalue weighted by atomic mass is 16.5. The molecule has 3 rings (SSSR count). The Morgan fingerprint density at radius 3 is 2.76 bits per heavy atom. The molecule has 2 saturated heterocycles. The molecule has 0 spiro atoms. The highest BCUT2D eigenvalue weighted by molar-refractivity contribution is 5.78. The summed E-state index contributed by atoms with van der Waals surface area (Å²) >= 11 is 0. The number of carbonyl (C=O) groups excluding carboxylic acids is 1. The van der Waals surface area contributed by atoms with Crippen LogP contribution < -0.4 is 0 Å². The maximum absolute atomic E-state index is 12.7. The van der Waals surface area contributed by atoms with Crippen molar-refractivity contribution < 1.29 is 14.6 Å². The second kappa shape index (κ2) is 8.19. The van der Waals surface area contributed by atoms with Crippen LogP contribution in [-0.4, -0.2) is 66.8 Å². The van der Waals surface area contributed by atoms with Crippen LogP contribution in [0.25, 0.3) is 0 Å². The number of phenols is 1. The molecule has 0 aromatic heterocycles. The number of benzene rings is 1. The number of rotatable bonds is 4. The van der Waals surface area contributed by atoms with Crippen LogP contribution in [0.2, 0.25) is 0 Å². The van der Waals surface area contributed by atoms with E-state index in [1.807, 2.05) is 17.0 Å². The Morgan fingerprint density at radius 1 is 1.24 bits per heavy atom. The molecular formula is C20H30N2O3. The summed E-state index contributed by atoms with van der Waals surface area (Å²) in [6.07, 6.45) is 4.40. The fourth-order valence-corrected chi connectivity index (χ4v) is 4.19. The van der Waals surface area contributed by atoms with Crippen LogP contribution in [0.15, 0.2) is 24.3 Å². The fourth-order valence-electron chi connectivity index (χ4n) is 4.19. The van der Waals surface area contributed by atoms with Crippen molar-refractivity contribution in [3.05, 3.63) is 29.8 Å². The highest BCUT2D eigenvalue weighted by Crippen LogP contribution is 2.37. The molecule has 1 unspecified atom stereocenters. The fraction of sp³-hybridized carbons (Fsp3) is 0.650.